The number of nitrogens with one attached hydrogen (secondary N) is 1. The minimum Gasteiger partial charge on any atom is -0.346 e. The number of piperazine rings is 1. The van der Waals surface area contributed by atoms with E-state index < -0.39 is 6.04 Å². The maximum absolute atomic E-state index is 13.5. The molecule has 2 aromatic rings. The maximum Gasteiger partial charge on any atom is 0.243 e. The van der Waals surface area contributed by atoms with E-state index in [1.54, 1.807) is 24.3 Å². The van der Waals surface area contributed by atoms with Gasteiger partial charge in [-0.2, -0.15) is 5.26 Å². The summed E-state index contributed by atoms with van der Waals surface area (Å²) in [5.74, 6) is -1.08. The van der Waals surface area contributed by atoms with Crippen molar-refractivity contribution in [3.05, 3.63) is 71.3 Å². The van der Waals surface area contributed by atoms with Gasteiger partial charge in [-0.25, -0.2) is 8.78 Å². The number of carbonyl (C=O) groups is 2. The standard InChI is InChI=1S/C26H29F2N5O2/c27-21-7-3-19(4-8-21)26(20-5-9-22(28)10-6-20)32-14-12-31(13-15-32)18-24(34)30-17-25(35)33-11-1-2-23(33)16-29/h3-10,23,26H,1-2,11-15,17-18H2,(H,30,34)/t23-/m0/s1. The zero-order valence-electron chi connectivity index (χ0n) is 19.5. The van der Waals surface area contributed by atoms with E-state index >= 15 is 0 Å². The minimum absolute atomic E-state index is 0.103. The molecule has 2 fully saturated rings. The first-order chi connectivity index (χ1) is 16.9. The Morgan fingerprint density at radius 3 is 2.06 bits per heavy atom. The van der Waals surface area contributed by atoms with E-state index in [2.05, 4.69) is 16.3 Å². The van der Waals surface area contributed by atoms with E-state index in [0.29, 0.717) is 39.1 Å². The van der Waals surface area contributed by atoms with E-state index in [1.165, 1.54) is 29.2 Å². The van der Waals surface area contributed by atoms with Crippen LogP contribution in [0.25, 0.3) is 0 Å². The first-order valence-electron chi connectivity index (χ1n) is 11.9. The van der Waals surface area contributed by atoms with Gasteiger partial charge in [-0.1, -0.05) is 24.3 Å². The second-order valence-electron chi connectivity index (χ2n) is 8.97. The van der Waals surface area contributed by atoms with E-state index in [1.807, 2.05) is 4.90 Å². The van der Waals surface area contributed by atoms with Crippen LogP contribution in [0.15, 0.2) is 48.5 Å². The molecule has 2 aliphatic heterocycles. The molecular formula is C26H29F2N5O2. The number of hydrogen-bond acceptors (Lipinski definition) is 5. The number of likely N-dealkylation sites (tertiary alicyclic amines) is 1. The average molecular weight is 482 g/mol. The summed E-state index contributed by atoms with van der Waals surface area (Å²) in [6.07, 6.45) is 1.48. The van der Waals surface area contributed by atoms with Crippen molar-refractivity contribution in [3.63, 3.8) is 0 Å². The normalized spacial score (nSPS) is 19.0. The number of hydrogen-bond donors (Lipinski definition) is 1. The summed E-state index contributed by atoms with van der Waals surface area (Å²) in [5.41, 5.74) is 1.83. The zero-order chi connectivity index (χ0) is 24.8. The number of halogens is 2. The lowest BCUT2D eigenvalue weighted by Gasteiger charge is -2.39. The van der Waals surface area contributed by atoms with Gasteiger partial charge in [0.25, 0.3) is 0 Å². The Labute approximate surface area is 203 Å². The summed E-state index contributed by atoms with van der Waals surface area (Å²) in [4.78, 5) is 30.6. The third-order valence-electron chi connectivity index (χ3n) is 6.67. The number of carbonyl (C=O) groups excluding carboxylic acids is 2. The van der Waals surface area contributed by atoms with Crippen molar-refractivity contribution < 1.29 is 18.4 Å². The van der Waals surface area contributed by atoms with Gasteiger partial charge in [0.2, 0.25) is 11.8 Å². The topological polar surface area (TPSA) is 79.7 Å². The second kappa shape index (κ2) is 11.4. The first-order valence-corrected chi connectivity index (χ1v) is 11.9. The van der Waals surface area contributed by atoms with E-state index in [4.69, 9.17) is 5.26 Å². The lowest BCUT2D eigenvalue weighted by molar-refractivity contribution is -0.133. The molecular weight excluding hydrogens is 452 g/mol. The molecule has 184 valence electrons. The summed E-state index contributed by atoms with van der Waals surface area (Å²) >= 11 is 0. The minimum atomic E-state index is -0.400. The van der Waals surface area contributed by atoms with Crippen molar-refractivity contribution in [2.45, 2.75) is 24.9 Å². The zero-order valence-corrected chi connectivity index (χ0v) is 19.5. The van der Waals surface area contributed by atoms with Crippen molar-refractivity contribution in [1.29, 1.82) is 5.26 Å². The van der Waals surface area contributed by atoms with Gasteiger partial charge in [0, 0.05) is 32.7 Å². The summed E-state index contributed by atoms with van der Waals surface area (Å²) in [6.45, 7) is 3.26. The van der Waals surface area contributed by atoms with E-state index in [9.17, 15) is 18.4 Å². The van der Waals surface area contributed by atoms with Crippen molar-refractivity contribution >= 4 is 11.8 Å². The molecule has 0 aliphatic carbocycles. The van der Waals surface area contributed by atoms with Crippen molar-refractivity contribution in [2.24, 2.45) is 0 Å². The number of benzene rings is 2. The molecule has 2 aliphatic rings. The van der Waals surface area contributed by atoms with Gasteiger partial charge in [-0.15, -0.1) is 0 Å². The highest BCUT2D eigenvalue weighted by Crippen LogP contribution is 2.30. The molecule has 0 saturated carbocycles. The van der Waals surface area contributed by atoms with Crippen LogP contribution in [0.1, 0.15) is 30.0 Å². The highest BCUT2D eigenvalue weighted by Gasteiger charge is 2.29. The Morgan fingerprint density at radius 2 is 1.51 bits per heavy atom. The monoisotopic (exact) mass is 481 g/mol. The molecule has 0 aromatic heterocycles. The maximum atomic E-state index is 13.5. The lowest BCUT2D eigenvalue weighted by atomic mass is 9.96. The molecule has 0 unspecified atom stereocenters. The highest BCUT2D eigenvalue weighted by atomic mass is 19.1. The average Bonchev–Trinajstić information content (AvgIpc) is 3.35. The van der Waals surface area contributed by atoms with Crippen LogP contribution in [0.2, 0.25) is 0 Å². The molecule has 2 aromatic carbocycles. The van der Waals surface area contributed by atoms with Gasteiger partial charge in [0.1, 0.15) is 17.7 Å². The summed E-state index contributed by atoms with van der Waals surface area (Å²) in [6, 6.07) is 14.3. The van der Waals surface area contributed by atoms with Crippen molar-refractivity contribution in [2.75, 3.05) is 45.8 Å². The molecule has 0 radical (unpaired) electrons. The Balaban J connectivity index is 1.32. The third-order valence-corrected chi connectivity index (χ3v) is 6.67. The summed E-state index contributed by atoms with van der Waals surface area (Å²) < 4.78 is 27.0. The molecule has 7 nitrogen and oxygen atoms in total. The Kier molecular flexibility index (Phi) is 8.06. The van der Waals surface area contributed by atoms with Gasteiger partial charge in [0.15, 0.2) is 0 Å². The molecule has 1 N–H and O–H groups in total. The van der Waals surface area contributed by atoms with Crippen LogP contribution in [0.5, 0.6) is 0 Å². The van der Waals surface area contributed by atoms with Crippen LogP contribution in [-0.4, -0.2) is 78.4 Å². The predicted molar refractivity (Wildman–Crippen MR) is 126 cm³/mol. The van der Waals surface area contributed by atoms with Crippen molar-refractivity contribution in [1.82, 2.24) is 20.0 Å². The van der Waals surface area contributed by atoms with Crippen LogP contribution in [0.3, 0.4) is 0 Å². The van der Waals surface area contributed by atoms with Gasteiger partial charge in [0.05, 0.1) is 25.2 Å². The smallest absolute Gasteiger partial charge is 0.243 e. The fraction of sp³-hybridized carbons (Fsp3) is 0.423. The van der Waals surface area contributed by atoms with Gasteiger partial charge in [-0.05, 0) is 48.2 Å². The lowest BCUT2D eigenvalue weighted by Crippen LogP contribution is -2.51. The Hall–Kier alpha value is -3.35. The quantitative estimate of drug-likeness (QED) is 0.657. The molecule has 35 heavy (non-hydrogen) atoms. The van der Waals surface area contributed by atoms with Gasteiger partial charge >= 0.3 is 0 Å². The van der Waals surface area contributed by atoms with Gasteiger partial charge in [-0.3, -0.25) is 19.4 Å². The van der Waals surface area contributed by atoms with Crippen LogP contribution in [0.4, 0.5) is 8.78 Å². The molecule has 4 rings (SSSR count). The molecule has 2 saturated heterocycles. The summed E-state index contributed by atoms with van der Waals surface area (Å²) in [7, 11) is 0. The van der Waals surface area contributed by atoms with E-state index in [0.717, 1.165) is 17.5 Å². The Bertz CT molecular complexity index is 1020. The molecule has 2 heterocycles. The van der Waals surface area contributed by atoms with Gasteiger partial charge < -0.3 is 10.2 Å². The fourth-order valence-corrected chi connectivity index (χ4v) is 4.82. The SMILES string of the molecule is N#C[C@@H]1CCCN1C(=O)CNC(=O)CN1CCN(C(c2ccc(F)cc2)c2ccc(F)cc2)CC1. The number of nitrogens with zero attached hydrogens (tertiary/aromatic N) is 4. The van der Waals surface area contributed by atoms with E-state index in [-0.39, 0.29) is 42.6 Å². The second-order valence-corrected chi connectivity index (χ2v) is 8.97. The molecule has 0 bridgehead atoms. The number of nitriles is 1. The Morgan fingerprint density at radius 1 is 0.943 bits per heavy atom. The molecule has 9 heteroatoms. The van der Waals surface area contributed by atoms with Crippen LogP contribution < -0.4 is 5.32 Å². The molecule has 1 atom stereocenters. The van der Waals surface area contributed by atoms with Crippen LogP contribution >= 0.6 is 0 Å². The first kappa shape index (κ1) is 24.8. The predicted octanol–water partition coefficient (Wildman–Crippen LogP) is 2.30. The molecule has 0 spiro atoms. The van der Waals surface area contributed by atoms with Crippen LogP contribution in [-0.2, 0) is 9.59 Å². The largest absolute Gasteiger partial charge is 0.346 e. The van der Waals surface area contributed by atoms with Crippen molar-refractivity contribution in [3.8, 4) is 6.07 Å². The number of amides is 2. The van der Waals surface area contributed by atoms with Crippen LogP contribution in [0, 0.1) is 23.0 Å². The highest BCUT2D eigenvalue weighted by molar-refractivity contribution is 5.86. The molecule has 2 amide bonds. The number of rotatable bonds is 7. The fourth-order valence-electron chi connectivity index (χ4n) is 4.82. The summed E-state index contributed by atoms with van der Waals surface area (Å²) in [5, 5.41) is 11.8. The third kappa shape index (κ3) is 6.21.